The minimum absolute atomic E-state index is 0.589. The van der Waals surface area contributed by atoms with Gasteiger partial charge in [0.15, 0.2) is 5.96 Å². The van der Waals surface area contributed by atoms with E-state index in [-0.39, 0.29) is 0 Å². The van der Waals surface area contributed by atoms with Gasteiger partial charge in [-0.25, -0.2) is 0 Å². The minimum atomic E-state index is 0.589. The molecule has 0 radical (unpaired) electrons. The van der Waals surface area contributed by atoms with E-state index in [2.05, 4.69) is 38.0 Å². The number of hydrogen-bond acceptors (Lipinski definition) is 1. The maximum Gasteiger partial charge on any atom is 0.188 e. The van der Waals surface area contributed by atoms with Crippen LogP contribution in [0.25, 0.3) is 0 Å². The van der Waals surface area contributed by atoms with Crippen LogP contribution in [0.15, 0.2) is 4.99 Å². The summed E-state index contributed by atoms with van der Waals surface area (Å²) in [5.74, 6) is 2.00. The molecule has 0 aliphatic heterocycles. The molecule has 0 aromatic carbocycles. The van der Waals surface area contributed by atoms with Crippen molar-refractivity contribution in [1.29, 1.82) is 0 Å². The molecule has 0 fully saturated rings. The highest BCUT2D eigenvalue weighted by Gasteiger charge is 1.95. The van der Waals surface area contributed by atoms with Crippen molar-refractivity contribution in [3.63, 3.8) is 0 Å². The van der Waals surface area contributed by atoms with E-state index in [1.807, 2.05) is 0 Å². The summed E-state index contributed by atoms with van der Waals surface area (Å²) in [4.78, 5) is 4.24. The predicted molar refractivity (Wildman–Crippen MR) is 63.4 cm³/mol. The zero-order chi connectivity index (χ0) is 11.0. The van der Waals surface area contributed by atoms with E-state index in [4.69, 9.17) is 5.73 Å². The molecule has 0 bridgehead atoms. The molecule has 0 rings (SSSR count). The van der Waals surface area contributed by atoms with E-state index in [1.165, 1.54) is 0 Å². The second-order valence-corrected chi connectivity index (χ2v) is 4.56. The van der Waals surface area contributed by atoms with Crippen molar-refractivity contribution < 1.29 is 0 Å². The molecule has 0 heterocycles. The van der Waals surface area contributed by atoms with Gasteiger partial charge in [0.2, 0.25) is 0 Å². The molecule has 0 aromatic rings. The van der Waals surface area contributed by atoms with Crippen molar-refractivity contribution in [3.05, 3.63) is 0 Å². The van der Waals surface area contributed by atoms with Gasteiger partial charge in [-0.1, -0.05) is 27.7 Å². The van der Waals surface area contributed by atoms with Gasteiger partial charge in [0.05, 0.1) is 0 Å². The van der Waals surface area contributed by atoms with Crippen LogP contribution in [-0.4, -0.2) is 19.0 Å². The summed E-state index contributed by atoms with van der Waals surface area (Å²) in [5.41, 5.74) is 5.69. The fourth-order valence-electron chi connectivity index (χ4n) is 0.988. The Balaban J connectivity index is 3.47. The topological polar surface area (TPSA) is 50.4 Å². The number of rotatable bonds is 6. The first kappa shape index (κ1) is 13.3. The first-order chi connectivity index (χ1) is 6.52. The Morgan fingerprint density at radius 2 is 1.71 bits per heavy atom. The average Bonchev–Trinajstić information content (AvgIpc) is 2.02. The number of hydrogen-bond donors (Lipinski definition) is 2. The summed E-state index contributed by atoms with van der Waals surface area (Å²) in [6.45, 7) is 10.5. The zero-order valence-electron chi connectivity index (χ0n) is 10.0. The van der Waals surface area contributed by atoms with Gasteiger partial charge < -0.3 is 11.1 Å². The molecule has 3 N–H and O–H groups in total. The molecule has 0 atom stereocenters. The van der Waals surface area contributed by atoms with Crippen molar-refractivity contribution in [3.8, 4) is 0 Å². The van der Waals surface area contributed by atoms with Crippen LogP contribution in [0.1, 0.15) is 40.5 Å². The van der Waals surface area contributed by atoms with Crippen LogP contribution in [0.4, 0.5) is 0 Å². The smallest absolute Gasteiger partial charge is 0.188 e. The van der Waals surface area contributed by atoms with E-state index >= 15 is 0 Å². The van der Waals surface area contributed by atoms with E-state index in [0.29, 0.717) is 17.8 Å². The molecule has 0 aromatic heterocycles. The van der Waals surface area contributed by atoms with Crippen molar-refractivity contribution in [2.24, 2.45) is 22.6 Å². The lowest BCUT2D eigenvalue weighted by Gasteiger charge is -2.07. The Kier molecular flexibility index (Phi) is 7.25. The molecule has 0 aliphatic rings. The van der Waals surface area contributed by atoms with Crippen molar-refractivity contribution in [1.82, 2.24) is 5.32 Å². The van der Waals surface area contributed by atoms with Crippen LogP contribution in [0.3, 0.4) is 0 Å². The highest BCUT2D eigenvalue weighted by atomic mass is 15.1. The normalized spacial score (nSPS) is 12.6. The SMILES string of the molecule is CC(C)CCN=C(N)NCCC(C)C. The van der Waals surface area contributed by atoms with Crippen LogP contribution >= 0.6 is 0 Å². The Bertz CT molecular complexity index is 162. The second-order valence-electron chi connectivity index (χ2n) is 4.56. The third kappa shape index (κ3) is 9.36. The van der Waals surface area contributed by atoms with Gasteiger partial charge in [-0.3, -0.25) is 4.99 Å². The van der Waals surface area contributed by atoms with Gasteiger partial charge in [-0.15, -0.1) is 0 Å². The summed E-state index contributed by atoms with van der Waals surface area (Å²) in [5, 5.41) is 3.12. The number of guanidine groups is 1. The largest absolute Gasteiger partial charge is 0.370 e. The monoisotopic (exact) mass is 199 g/mol. The molecule has 0 saturated heterocycles. The van der Waals surface area contributed by atoms with Crippen LogP contribution in [-0.2, 0) is 0 Å². The van der Waals surface area contributed by atoms with Gasteiger partial charge in [0.25, 0.3) is 0 Å². The highest BCUT2D eigenvalue weighted by molar-refractivity contribution is 5.77. The molecule has 0 saturated carbocycles. The fourth-order valence-corrected chi connectivity index (χ4v) is 0.988. The van der Waals surface area contributed by atoms with Crippen molar-refractivity contribution in [2.45, 2.75) is 40.5 Å². The molecular weight excluding hydrogens is 174 g/mol. The Hall–Kier alpha value is -0.730. The summed E-state index contributed by atoms with van der Waals surface area (Å²) in [6.07, 6.45) is 2.24. The Labute approximate surface area is 88.2 Å². The quantitative estimate of drug-likeness (QED) is 0.507. The molecule has 0 spiro atoms. The lowest BCUT2D eigenvalue weighted by Crippen LogP contribution is -2.33. The second kappa shape index (κ2) is 7.65. The van der Waals surface area contributed by atoms with Crippen molar-refractivity contribution in [2.75, 3.05) is 13.1 Å². The maximum atomic E-state index is 5.69. The predicted octanol–water partition coefficient (Wildman–Crippen LogP) is 1.98. The van der Waals surface area contributed by atoms with Gasteiger partial charge in [0.1, 0.15) is 0 Å². The van der Waals surface area contributed by atoms with Gasteiger partial charge in [0, 0.05) is 13.1 Å². The molecule has 0 aliphatic carbocycles. The summed E-state index contributed by atoms with van der Waals surface area (Å²) >= 11 is 0. The molecule has 14 heavy (non-hydrogen) atoms. The summed E-state index contributed by atoms with van der Waals surface area (Å²) in [7, 11) is 0. The fraction of sp³-hybridized carbons (Fsp3) is 0.909. The lowest BCUT2D eigenvalue weighted by molar-refractivity contribution is 0.573. The number of nitrogens with two attached hydrogens (primary N) is 1. The summed E-state index contributed by atoms with van der Waals surface area (Å²) < 4.78 is 0. The van der Waals surface area contributed by atoms with Crippen LogP contribution in [0.2, 0.25) is 0 Å². The van der Waals surface area contributed by atoms with Crippen LogP contribution in [0, 0.1) is 11.8 Å². The molecule has 3 heteroatoms. The Morgan fingerprint density at radius 1 is 1.14 bits per heavy atom. The van der Waals surface area contributed by atoms with E-state index in [0.717, 1.165) is 25.9 Å². The van der Waals surface area contributed by atoms with E-state index in [9.17, 15) is 0 Å². The number of nitrogens with zero attached hydrogens (tertiary/aromatic N) is 1. The molecule has 0 unspecified atom stereocenters. The minimum Gasteiger partial charge on any atom is -0.370 e. The number of aliphatic imine (C=N–C) groups is 1. The average molecular weight is 199 g/mol. The number of nitrogens with one attached hydrogen (secondary N) is 1. The zero-order valence-corrected chi connectivity index (χ0v) is 10.0. The molecule has 0 amide bonds. The van der Waals surface area contributed by atoms with Gasteiger partial charge in [-0.2, -0.15) is 0 Å². The molecule has 84 valence electrons. The molecule has 3 nitrogen and oxygen atoms in total. The van der Waals surface area contributed by atoms with Gasteiger partial charge >= 0.3 is 0 Å². The highest BCUT2D eigenvalue weighted by Crippen LogP contribution is 1.98. The van der Waals surface area contributed by atoms with Crippen LogP contribution < -0.4 is 11.1 Å². The third-order valence-electron chi connectivity index (χ3n) is 2.02. The van der Waals surface area contributed by atoms with E-state index < -0.39 is 0 Å². The maximum absolute atomic E-state index is 5.69. The third-order valence-corrected chi connectivity index (χ3v) is 2.02. The Morgan fingerprint density at radius 3 is 2.21 bits per heavy atom. The van der Waals surface area contributed by atoms with E-state index in [1.54, 1.807) is 0 Å². The van der Waals surface area contributed by atoms with Crippen molar-refractivity contribution >= 4 is 5.96 Å². The summed E-state index contributed by atoms with van der Waals surface area (Å²) in [6, 6.07) is 0. The first-order valence-corrected chi connectivity index (χ1v) is 5.56. The standard InChI is InChI=1S/C11H25N3/c1-9(2)5-7-13-11(12)14-8-6-10(3)4/h9-10H,5-8H2,1-4H3,(H3,12,13,14). The molecular formula is C11H25N3. The lowest BCUT2D eigenvalue weighted by atomic mass is 10.1. The first-order valence-electron chi connectivity index (χ1n) is 5.56. The van der Waals surface area contributed by atoms with Gasteiger partial charge in [-0.05, 0) is 24.7 Å². The van der Waals surface area contributed by atoms with Crippen LogP contribution in [0.5, 0.6) is 0 Å².